The Kier molecular flexibility index (Phi) is 5.05. The zero-order valence-electron chi connectivity index (χ0n) is 14.4. The van der Waals surface area contributed by atoms with Crippen molar-refractivity contribution in [3.63, 3.8) is 0 Å². The number of nitrogens with one attached hydrogen (secondary N) is 1. The number of ketones is 1. The molecule has 2 aromatic carbocycles. The normalized spacial score (nSPS) is 14.6. The fourth-order valence-electron chi connectivity index (χ4n) is 2.87. The van der Waals surface area contributed by atoms with E-state index in [1.807, 2.05) is 30.3 Å². The van der Waals surface area contributed by atoms with Crippen molar-refractivity contribution in [3.8, 4) is 0 Å². The van der Waals surface area contributed by atoms with Crippen molar-refractivity contribution in [3.05, 3.63) is 88.6 Å². The number of benzene rings is 2. The van der Waals surface area contributed by atoms with E-state index in [1.54, 1.807) is 30.3 Å². The molecule has 0 saturated heterocycles. The average molecular weight is 397 g/mol. The van der Waals surface area contributed by atoms with Crippen LogP contribution in [-0.4, -0.2) is 15.0 Å². The topological polar surface area (TPSA) is 59.1 Å². The van der Waals surface area contributed by atoms with E-state index in [-0.39, 0.29) is 17.2 Å². The molecule has 1 N–H and O–H groups in total. The predicted molar refractivity (Wildman–Crippen MR) is 108 cm³/mol. The minimum absolute atomic E-state index is 0.228. The van der Waals surface area contributed by atoms with E-state index >= 15 is 0 Å². The zero-order chi connectivity index (χ0) is 18.8. The summed E-state index contributed by atoms with van der Waals surface area (Å²) in [5.41, 5.74) is 2.08. The van der Waals surface area contributed by atoms with Gasteiger partial charge in [0.2, 0.25) is 0 Å². The van der Waals surface area contributed by atoms with Gasteiger partial charge in [-0.25, -0.2) is 9.19 Å². The molecule has 1 unspecified atom stereocenters. The van der Waals surface area contributed by atoms with Crippen molar-refractivity contribution in [2.75, 3.05) is 4.72 Å². The second kappa shape index (κ2) is 7.62. The Morgan fingerprint density at radius 1 is 1.07 bits per heavy atom. The van der Waals surface area contributed by atoms with Crippen molar-refractivity contribution >= 4 is 34.2 Å². The van der Waals surface area contributed by atoms with Gasteiger partial charge in [0.1, 0.15) is 5.82 Å². The predicted octanol–water partition coefficient (Wildman–Crippen LogP) is 4.98. The quantitative estimate of drug-likeness (QED) is 0.598. The molecule has 27 heavy (non-hydrogen) atoms. The molecule has 4 rings (SSSR count). The molecule has 0 aliphatic heterocycles. The monoisotopic (exact) mass is 396 g/mol. The first kappa shape index (κ1) is 17.9. The van der Waals surface area contributed by atoms with E-state index in [9.17, 15) is 9.00 Å². The molecule has 0 spiro atoms. The van der Waals surface area contributed by atoms with Crippen LogP contribution in [0.2, 0.25) is 5.02 Å². The summed E-state index contributed by atoms with van der Waals surface area (Å²) >= 11 is 6.04. The first-order valence-electron chi connectivity index (χ1n) is 8.65. The molecule has 1 heterocycles. The minimum atomic E-state index is -1.53. The SMILES string of the molecule is O=C(c1ccccc1)c1cc(Cl)cnc1NS(=O)c1ccc(C2CC2)cc1. The highest BCUT2D eigenvalue weighted by Gasteiger charge is 2.23. The van der Waals surface area contributed by atoms with Crippen LogP contribution in [0.1, 0.15) is 40.2 Å². The molecule has 1 saturated carbocycles. The Hall–Kier alpha value is -2.50. The zero-order valence-corrected chi connectivity index (χ0v) is 16.0. The fraction of sp³-hybridized carbons (Fsp3) is 0.143. The molecule has 0 bridgehead atoms. The van der Waals surface area contributed by atoms with Crippen LogP contribution < -0.4 is 4.72 Å². The molecule has 0 radical (unpaired) electrons. The summed E-state index contributed by atoms with van der Waals surface area (Å²) < 4.78 is 15.6. The van der Waals surface area contributed by atoms with Gasteiger partial charge in [0.15, 0.2) is 16.8 Å². The van der Waals surface area contributed by atoms with Gasteiger partial charge in [0, 0.05) is 11.8 Å². The van der Waals surface area contributed by atoms with Gasteiger partial charge in [0.05, 0.1) is 15.5 Å². The van der Waals surface area contributed by atoms with Gasteiger partial charge in [-0.1, -0.05) is 54.1 Å². The van der Waals surface area contributed by atoms with E-state index in [2.05, 4.69) is 9.71 Å². The lowest BCUT2D eigenvalue weighted by Crippen LogP contribution is -2.12. The summed E-state index contributed by atoms with van der Waals surface area (Å²) in [5.74, 6) is 0.667. The number of aromatic nitrogens is 1. The van der Waals surface area contributed by atoms with Crippen molar-refractivity contribution in [2.45, 2.75) is 23.7 Å². The summed E-state index contributed by atoms with van der Waals surface area (Å²) in [5, 5.41) is 0.347. The van der Waals surface area contributed by atoms with Gasteiger partial charge in [-0.05, 0) is 42.5 Å². The van der Waals surface area contributed by atoms with Crippen LogP contribution in [-0.2, 0) is 11.0 Å². The van der Waals surface area contributed by atoms with Crippen LogP contribution in [0.3, 0.4) is 0 Å². The van der Waals surface area contributed by atoms with Gasteiger partial charge in [-0.2, -0.15) is 0 Å². The van der Waals surface area contributed by atoms with Gasteiger partial charge >= 0.3 is 0 Å². The highest BCUT2D eigenvalue weighted by Crippen LogP contribution is 2.40. The highest BCUT2D eigenvalue weighted by molar-refractivity contribution is 7.86. The van der Waals surface area contributed by atoms with Gasteiger partial charge in [-0.3, -0.25) is 9.52 Å². The Morgan fingerprint density at radius 3 is 2.44 bits per heavy atom. The van der Waals surface area contributed by atoms with E-state index in [0.717, 1.165) is 0 Å². The van der Waals surface area contributed by atoms with Crippen LogP contribution in [0.4, 0.5) is 5.82 Å². The van der Waals surface area contributed by atoms with Crippen molar-refractivity contribution in [2.24, 2.45) is 0 Å². The summed E-state index contributed by atoms with van der Waals surface area (Å²) in [7, 11) is -1.53. The number of hydrogen-bond acceptors (Lipinski definition) is 3. The number of nitrogens with zero attached hydrogens (tertiary/aromatic N) is 1. The number of halogens is 1. The third kappa shape index (κ3) is 4.10. The number of carbonyl (C=O) groups is 1. The third-order valence-corrected chi connectivity index (χ3v) is 5.75. The van der Waals surface area contributed by atoms with E-state index < -0.39 is 11.0 Å². The number of rotatable bonds is 6. The van der Waals surface area contributed by atoms with Gasteiger partial charge in [-0.15, -0.1) is 0 Å². The second-order valence-corrected chi connectivity index (χ2v) is 8.11. The number of carbonyl (C=O) groups excluding carboxylic acids is 1. The largest absolute Gasteiger partial charge is 0.288 e. The summed E-state index contributed by atoms with van der Waals surface area (Å²) in [6, 6.07) is 18.1. The Balaban J connectivity index is 1.59. The van der Waals surface area contributed by atoms with Gasteiger partial charge in [0.25, 0.3) is 0 Å². The maximum absolute atomic E-state index is 12.8. The van der Waals surface area contributed by atoms with Crippen LogP contribution in [0.5, 0.6) is 0 Å². The van der Waals surface area contributed by atoms with E-state index in [1.165, 1.54) is 24.6 Å². The molecule has 1 aromatic heterocycles. The Bertz CT molecular complexity index is 1000. The smallest absolute Gasteiger partial charge is 0.196 e. The molecule has 0 amide bonds. The lowest BCUT2D eigenvalue weighted by atomic mass is 10.0. The molecule has 1 aliphatic rings. The van der Waals surface area contributed by atoms with Crippen LogP contribution in [0, 0.1) is 0 Å². The summed E-state index contributed by atoms with van der Waals surface area (Å²) in [6.45, 7) is 0. The maximum atomic E-state index is 12.8. The molecule has 1 fully saturated rings. The average Bonchev–Trinajstić information content (AvgIpc) is 3.55. The first-order valence-corrected chi connectivity index (χ1v) is 10.2. The van der Waals surface area contributed by atoms with E-state index in [4.69, 9.17) is 11.6 Å². The Labute approximate surface area is 165 Å². The molecular formula is C21H17ClN2O2S. The third-order valence-electron chi connectivity index (χ3n) is 4.47. The molecular weight excluding hydrogens is 380 g/mol. The second-order valence-electron chi connectivity index (χ2n) is 6.46. The standard InChI is InChI=1S/C21H17ClN2O2S/c22-17-12-19(20(25)16-4-2-1-3-5-16)21(23-13-17)24-27(26)18-10-8-15(9-11-18)14-6-7-14/h1-5,8-14H,6-7H2,(H,23,24). The summed E-state index contributed by atoms with van der Waals surface area (Å²) in [4.78, 5) is 17.6. The molecule has 6 heteroatoms. The molecule has 4 nitrogen and oxygen atoms in total. The number of hydrogen-bond donors (Lipinski definition) is 1. The lowest BCUT2D eigenvalue weighted by Gasteiger charge is -2.11. The molecule has 136 valence electrons. The minimum Gasteiger partial charge on any atom is -0.288 e. The van der Waals surface area contributed by atoms with Gasteiger partial charge < -0.3 is 0 Å². The highest BCUT2D eigenvalue weighted by atomic mass is 35.5. The fourth-order valence-corrected chi connectivity index (χ4v) is 3.86. The van der Waals surface area contributed by atoms with Crippen LogP contribution in [0.25, 0.3) is 0 Å². The summed E-state index contributed by atoms with van der Waals surface area (Å²) in [6.07, 6.45) is 3.87. The first-order chi connectivity index (χ1) is 13.1. The van der Waals surface area contributed by atoms with E-state index in [0.29, 0.717) is 21.4 Å². The van der Waals surface area contributed by atoms with Crippen LogP contribution >= 0.6 is 11.6 Å². The van der Waals surface area contributed by atoms with Crippen LogP contribution in [0.15, 0.2) is 71.8 Å². The molecule has 3 aromatic rings. The van der Waals surface area contributed by atoms with Crippen molar-refractivity contribution in [1.82, 2.24) is 4.98 Å². The maximum Gasteiger partial charge on any atom is 0.196 e. The lowest BCUT2D eigenvalue weighted by molar-refractivity contribution is 0.103. The van der Waals surface area contributed by atoms with Crippen molar-refractivity contribution in [1.29, 1.82) is 0 Å². The molecule has 1 aliphatic carbocycles. The number of anilines is 1. The van der Waals surface area contributed by atoms with Crippen molar-refractivity contribution < 1.29 is 9.00 Å². The number of pyridine rings is 1. The Morgan fingerprint density at radius 2 is 1.78 bits per heavy atom. The molecule has 1 atom stereocenters.